The number of amides is 1. The van der Waals surface area contributed by atoms with Gasteiger partial charge in [-0.25, -0.2) is 4.39 Å². The molecule has 0 saturated carbocycles. The number of carbonyl (C=O) groups excluding carboxylic acids is 1. The van der Waals surface area contributed by atoms with Crippen LogP contribution in [0, 0.1) is 5.82 Å². The number of rotatable bonds is 7. The number of halogens is 2. The minimum Gasteiger partial charge on any atom is -0.353 e. The number of benzene rings is 2. The van der Waals surface area contributed by atoms with E-state index in [4.69, 9.17) is 11.6 Å². The molecule has 146 valence electrons. The van der Waals surface area contributed by atoms with E-state index in [9.17, 15) is 9.18 Å². The second-order valence-electron chi connectivity index (χ2n) is 6.24. The molecule has 2 aromatic carbocycles. The van der Waals surface area contributed by atoms with E-state index in [1.807, 2.05) is 26.0 Å². The van der Waals surface area contributed by atoms with E-state index in [0.717, 1.165) is 6.42 Å². The van der Waals surface area contributed by atoms with Gasteiger partial charge in [-0.3, -0.25) is 9.36 Å². The predicted octanol–water partition coefficient (Wildman–Crippen LogP) is 4.73. The summed E-state index contributed by atoms with van der Waals surface area (Å²) in [6, 6.07) is 13.6. The molecule has 1 atom stereocenters. The summed E-state index contributed by atoms with van der Waals surface area (Å²) in [6.07, 6.45) is 0.846. The summed E-state index contributed by atoms with van der Waals surface area (Å²) in [7, 11) is 0. The smallest absolute Gasteiger partial charge is 0.230 e. The van der Waals surface area contributed by atoms with Crippen LogP contribution in [0.3, 0.4) is 0 Å². The molecular weight excluding hydrogens is 399 g/mol. The van der Waals surface area contributed by atoms with E-state index in [1.54, 1.807) is 34.9 Å². The zero-order valence-electron chi connectivity index (χ0n) is 15.5. The average Bonchev–Trinajstić information content (AvgIpc) is 3.10. The summed E-state index contributed by atoms with van der Waals surface area (Å²) in [4.78, 5) is 12.1. The van der Waals surface area contributed by atoms with Gasteiger partial charge in [0.05, 0.1) is 16.5 Å². The molecule has 0 unspecified atom stereocenters. The van der Waals surface area contributed by atoms with Gasteiger partial charge in [-0.15, -0.1) is 10.2 Å². The van der Waals surface area contributed by atoms with Crippen molar-refractivity contribution < 1.29 is 9.18 Å². The van der Waals surface area contributed by atoms with Gasteiger partial charge in [-0.2, -0.15) is 0 Å². The van der Waals surface area contributed by atoms with Crippen LogP contribution in [0.1, 0.15) is 20.3 Å². The Labute approximate surface area is 172 Å². The maximum Gasteiger partial charge on any atom is 0.230 e. The van der Waals surface area contributed by atoms with Gasteiger partial charge in [0, 0.05) is 11.6 Å². The van der Waals surface area contributed by atoms with Gasteiger partial charge in [0.1, 0.15) is 5.82 Å². The minimum absolute atomic E-state index is 0.0937. The van der Waals surface area contributed by atoms with Crippen LogP contribution in [0.5, 0.6) is 0 Å². The lowest BCUT2D eigenvalue weighted by molar-refractivity contribution is -0.119. The number of para-hydroxylation sites is 1. The number of aromatic nitrogens is 3. The summed E-state index contributed by atoms with van der Waals surface area (Å²) in [5.41, 5.74) is 0.933. The van der Waals surface area contributed by atoms with Crippen molar-refractivity contribution in [1.82, 2.24) is 20.1 Å². The van der Waals surface area contributed by atoms with E-state index in [2.05, 4.69) is 15.5 Å². The Morgan fingerprint density at radius 3 is 2.64 bits per heavy atom. The molecular formula is C20H20ClFN4OS. The highest BCUT2D eigenvalue weighted by Gasteiger charge is 2.21. The average molecular weight is 419 g/mol. The van der Waals surface area contributed by atoms with Crippen LogP contribution >= 0.6 is 23.4 Å². The number of hydrogen-bond acceptors (Lipinski definition) is 4. The standard InChI is InChI=1S/C20H20ClFN4OS/c1-3-13(2)23-18(27)12-28-20-25-24-19(14-8-4-5-9-15(14)21)26(20)17-11-7-6-10-16(17)22/h4-11,13H,3,12H2,1-2H3,(H,23,27)/t13-/m0/s1. The van der Waals surface area contributed by atoms with Gasteiger partial charge in [0.25, 0.3) is 0 Å². The molecule has 3 aromatic rings. The highest BCUT2D eigenvalue weighted by molar-refractivity contribution is 7.99. The van der Waals surface area contributed by atoms with Crippen LogP contribution in [0.4, 0.5) is 4.39 Å². The molecule has 28 heavy (non-hydrogen) atoms. The Morgan fingerprint density at radius 1 is 1.21 bits per heavy atom. The summed E-state index contributed by atoms with van der Waals surface area (Å²) in [6.45, 7) is 3.95. The maximum absolute atomic E-state index is 14.5. The first-order valence-corrected chi connectivity index (χ1v) is 10.2. The number of nitrogens with zero attached hydrogens (tertiary/aromatic N) is 3. The molecule has 1 N–H and O–H groups in total. The topological polar surface area (TPSA) is 59.8 Å². The van der Waals surface area contributed by atoms with Crippen LogP contribution < -0.4 is 5.32 Å². The Balaban J connectivity index is 1.99. The molecule has 1 amide bonds. The Hall–Kier alpha value is -2.38. The summed E-state index contributed by atoms with van der Waals surface area (Å²) in [5.74, 6) is 0.0446. The molecule has 3 rings (SSSR count). The molecule has 0 radical (unpaired) electrons. The lowest BCUT2D eigenvalue weighted by Gasteiger charge is -2.13. The molecule has 8 heteroatoms. The van der Waals surface area contributed by atoms with Crippen molar-refractivity contribution in [1.29, 1.82) is 0 Å². The van der Waals surface area contributed by atoms with E-state index >= 15 is 0 Å². The maximum atomic E-state index is 14.5. The SMILES string of the molecule is CC[C@H](C)NC(=O)CSc1nnc(-c2ccccc2Cl)n1-c1ccccc1F. The first-order valence-electron chi connectivity index (χ1n) is 8.88. The van der Waals surface area contributed by atoms with Crippen molar-refractivity contribution in [3.8, 4) is 17.1 Å². The normalized spacial score (nSPS) is 12.0. The molecule has 0 spiro atoms. The van der Waals surface area contributed by atoms with Crippen molar-refractivity contribution in [3.63, 3.8) is 0 Å². The third-order valence-corrected chi connectivity index (χ3v) is 5.45. The van der Waals surface area contributed by atoms with Crippen molar-refractivity contribution in [2.75, 3.05) is 5.75 Å². The Bertz CT molecular complexity index is 978. The molecule has 0 aliphatic carbocycles. The third-order valence-electron chi connectivity index (χ3n) is 4.19. The first kappa shape index (κ1) is 20.4. The van der Waals surface area contributed by atoms with Crippen molar-refractivity contribution in [2.45, 2.75) is 31.5 Å². The number of hydrogen-bond donors (Lipinski definition) is 1. The Morgan fingerprint density at radius 2 is 1.93 bits per heavy atom. The second-order valence-corrected chi connectivity index (χ2v) is 7.59. The lowest BCUT2D eigenvalue weighted by atomic mass is 10.2. The molecule has 1 heterocycles. The van der Waals surface area contributed by atoms with Crippen LogP contribution in [0.2, 0.25) is 5.02 Å². The lowest BCUT2D eigenvalue weighted by Crippen LogP contribution is -2.33. The number of nitrogens with one attached hydrogen (secondary N) is 1. The minimum atomic E-state index is -0.415. The largest absolute Gasteiger partial charge is 0.353 e. The van der Waals surface area contributed by atoms with Crippen LogP contribution in [-0.4, -0.2) is 32.5 Å². The highest BCUT2D eigenvalue weighted by atomic mass is 35.5. The fourth-order valence-electron chi connectivity index (χ4n) is 2.58. The van der Waals surface area contributed by atoms with Crippen molar-refractivity contribution in [3.05, 3.63) is 59.4 Å². The fourth-order valence-corrected chi connectivity index (χ4v) is 3.56. The van der Waals surface area contributed by atoms with Crippen molar-refractivity contribution >= 4 is 29.3 Å². The van der Waals surface area contributed by atoms with E-state index in [0.29, 0.717) is 27.3 Å². The van der Waals surface area contributed by atoms with E-state index < -0.39 is 5.82 Å². The molecule has 0 fully saturated rings. The summed E-state index contributed by atoms with van der Waals surface area (Å²) in [5, 5.41) is 12.2. The number of thioether (sulfide) groups is 1. The van der Waals surface area contributed by atoms with Gasteiger partial charge in [-0.05, 0) is 37.6 Å². The van der Waals surface area contributed by atoms with E-state index in [1.165, 1.54) is 17.8 Å². The van der Waals surface area contributed by atoms with Crippen LogP contribution in [-0.2, 0) is 4.79 Å². The first-order chi connectivity index (χ1) is 13.5. The molecule has 0 saturated heterocycles. The number of carbonyl (C=O) groups is 1. The summed E-state index contributed by atoms with van der Waals surface area (Å²) < 4.78 is 16.1. The quantitative estimate of drug-likeness (QED) is 0.563. The fraction of sp³-hybridized carbons (Fsp3) is 0.250. The molecule has 0 aliphatic rings. The summed E-state index contributed by atoms with van der Waals surface area (Å²) >= 11 is 7.52. The van der Waals surface area contributed by atoms with Gasteiger partial charge >= 0.3 is 0 Å². The van der Waals surface area contributed by atoms with E-state index in [-0.39, 0.29) is 17.7 Å². The second kappa shape index (κ2) is 9.21. The zero-order valence-corrected chi connectivity index (χ0v) is 17.1. The molecule has 0 aliphatic heterocycles. The molecule has 5 nitrogen and oxygen atoms in total. The van der Waals surface area contributed by atoms with Gasteiger partial charge in [0.15, 0.2) is 11.0 Å². The Kier molecular flexibility index (Phi) is 6.70. The highest BCUT2D eigenvalue weighted by Crippen LogP contribution is 2.32. The van der Waals surface area contributed by atoms with Crippen LogP contribution in [0.15, 0.2) is 53.7 Å². The molecule has 0 bridgehead atoms. The van der Waals surface area contributed by atoms with Crippen LogP contribution in [0.25, 0.3) is 17.1 Å². The van der Waals surface area contributed by atoms with Crippen molar-refractivity contribution in [2.24, 2.45) is 0 Å². The predicted molar refractivity (Wildman–Crippen MR) is 110 cm³/mol. The molecule has 1 aromatic heterocycles. The zero-order chi connectivity index (χ0) is 20.1. The monoisotopic (exact) mass is 418 g/mol. The van der Waals surface area contributed by atoms with Gasteiger partial charge in [0.2, 0.25) is 5.91 Å². The van der Waals surface area contributed by atoms with Gasteiger partial charge in [-0.1, -0.05) is 54.6 Å². The third kappa shape index (κ3) is 4.54. The van der Waals surface area contributed by atoms with Gasteiger partial charge < -0.3 is 5.32 Å².